The van der Waals surface area contributed by atoms with Crippen molar-refractivity contribution in [3.8, 4) is 5.75 Å². The maximum Gasteiger partial charge on any atom is 0.339 e. The van der Waals surface area contributed by atoms with Crippen LogP contribution in [0.15, 0.2) is 59.8 Å². The van der Waals surface area contributed by atoms with Gasteiger partial charge in [-0.2, -0.15) is 0 Å². The molecule has 2 aromatic rings. The number of carboxylic acids is 1. The summed E-state index contributed by atoms with van der Waals surface area (Å²) in [7, 11) is 3.09. The lowest BCUT2D eigenvalue weighted by molar-refractivity contribution is -0.130. The second-order valence-electron chi connectivity index (χ2n) is 6.44. The molecule has 0 aromatic heterocycles. The Labute approximate surface area is 169 Å². The molecule has 0 atom stereocenters. The van der Waals surface area contributed by atoms with Crippen molar-refractivity contribution in [1.82, 2.24) is 0 Å². The van der Waals surface area contributed by atoms with Crippen LogP contribution in [0.5, 0.6) is 5.75 Å². The summed E-state index contributed by atoms with van der Waals surface area (Å²) in [6.45, 7) is 0. The van der Waals surface area contributed by atoms with Crippen molar-refractivity contribution in [2.24, 2.45) is 10.9 Å². The van der Waals surface area contributed by atoms with E-state index < -0.39 is 5.97 Å². The Morgan fingerprint density at radius 2 is 1.89 bits per heavy atom. The Morgan fingerprint density at radius 3 is 2.50 bits per heavy atom. The zero-order chi connectivity index (χ0) is 19.9. The number of aliphatic imine (C=N–C) groups is 1. The molecule has 0 heterocycles. The first kappa shape index (κ1) is 20.0. The first-order chi connectivity index (χ1) is 13.6. The first-order valence-corrected chi connectivity index (χ1v) is 10.0. The number of thioether (sulfide) groups is 1. The lowest BCUT2D eigenvalue weighted by Crippen LogP contribution is -2.04. The van der Waals surface area contributed by atoms with Crippen molar-refractivity contribution in [3.05, 3.63) is 65.9 Å². The van der Waals surface area contributed by atoms with Gasteiger partial charge in [0.15, 0.2) is 0 Å². The van der Waals surface area contributed by atoms with E-state index in [-0.39, 0.29) is 5.57 Å². The molecule has 0 unspecified atom stereocenters. The van der Waals surface area contributed by atoms with Gasteiger partial charge in [-0.15, -0.1) is 11.8 Å². The minimum atomic E-state index is -1.01. The van der Waals surface area contributed by atoms with Crippen LogP contribution in [0.25, 0.3) is 5.57 Å². The number of rotatable bonds is 8. The second-order valence-corrected chi connectivity index (χ2v) is 7.44. The van der Waals surface area contributed by atoms with E-state index in [4.69, 9.17) is 14.5 Å². The van der Waals surface area contributed by atoms with Crippen LogP contribution in [-0.4, -0.2) is 30.3 Å². The quantitative estimate of drug-likeness (QED) is 0.289. The van der Waals surface area contributed by atoms with Crippen molar-refractivity contribution in [1.29, 1.82) is 0 Å². The average molecular weight is 397 g/mol. The lowest BCUT2D eigenvalue weighted by Gasteiger charge is -2.11. The summed E-state index contributed by atoms with van der Waals surface area (Å²) in [5, 5.41) is 10.6. The van der Waals surface area contributed by atoms with Gasteiger partial charge in [0.1, 0.15) is 11.3 Å². The minimum Gasteiger partial charge on any atom is -0.503 e. The zero-order valence-corrected chi connectivity index (χ0v) is 16.7. The fraction of sp³-hybridized carbons (Fsp3) is 0.273. The number of carboxylic acid groups (broad SMARTS) is 1. The molecule has 28 heavy (non-hydrogen) atoms. The number of hydrogen-bond acceptors (Lipinski definition) is 5. The van der Waals surface area contributed by atoms with Crippen molar-refractivity contribution < 1.29 is 19.4 Å². The number of benzene rings is 2. The normalized spacial score (nSPS) is 14.6. The number of ether oxygens (including phenoxy) is 2. The predicted octanol–water partition coefficient (Wildman–Crippen LogP) is 5.14. The molecule has 1 N–H and O–H groups in total. The number of nitrogens with zero attached hydrogens (tertiary/aromatic N) is 1. The highest BCUT2D eigenvalue weighted by molar-refractivity contribution is 8.13. The predicted molar refractivity (Wildman–Crippen MR) is 113 cm³/mol. The van der Waals surface area contributed by atoms with Crippen LogP contribution >= 0.6 is 11.8 Å². The molecule has 2 aromatic carbocycles. The van der Waals surface area contributed by atoms with Gasteiger partial charge in [0, 0.05) is 11.7 Å². The fourth-order valence-corrected chi connectivity index (χ4v) is 3.96. The molecule has 1 saturated carbocycles. The lowest BCUT2D eigenvalue weighted by atomic mass is 10.0. The Morgan fingerprint density at radius 1 is 1.18 bits per heavy atom. The summed E-state index contributed by atoms with van der Waals surface area (Å²) in [4.78, 5) is 16.4. The maximum atomic E-state index is 11.6. The third-order valence-corrected chi connectivity index (χ3v) is 5.56. The third-order valence-electron chi connectivity index (χ3n) is 4.39. The third kappa shape index (κ3) is 5.16. The largest absolute Gasteiger partial charge is 0.503 e. The molecule has 0 radical (unpaired) electrons. The molecule has 0 saturated heterocycles. The number of methoxy groups -OCH3 is 2. The number of hydrogen-bond donors (Lipinski definition) is 1. The van der Waals surface area contributed by atoms with Gasteiger partial charge >= 0.3 is 5.97 Å². The van der Waals surface area contributed by atoms with Gasteiger partial charge in [-0.05, 0) is 48.2 Å². The smallest absolute Gasteiger partial charge is 0.339 e. The van der Waals surface area contributed by atoms with E-state index in [9.17, 15) is 9.90 Å². The molecule has 1 aliphatic carbocycles. The Balaban J connectivity index is 1.80. The molecular formula is C22H23NO4S. The van der Waals surface area contributed by atoms with Crippen LogP contribution in [-0.2, 0) is 15.3 Å². The molecule has 3 rings (SSSR count). The monoisotopic (exact) mass is 397 g/mol. The van der Waals surface area contributed by atoms with E-state index >= 15 is 0 Å². The average Bonchev–Trinajstić information content (AvgIpc) is 3.55. The van der Waals surface area contributed by atoms with Crippen LogP contribution in [0, 0.1) is 5.92 Å². The van der Waals surface area contributed by atoms with Gasteiger partial charge in [-0.1, -0.05) is 24.3 Å². The second kappa shape index (κ2) is 9.46. The molecule has 6 heteroatoms. The fourth-order valence-electron chi connectivity index (χ4n) is 2.76. The molecule has 0 bridgehead atoms. The first-order valence-electron chi connectivity index (χ1n) is 9.02. The van der Waals surface area contributed by atoms with Gasteiger partial charge in [-0.25, -0.2) is 9.79 Å². The minimum absolute atomic E-state index is 0.152. The van der Waals surface area contributed by atoms with Gasteiger partial charge in [0.2, 0.25) is 0 Å². The Bertz CT molecular complexity index is 886. The van der Waals surface area contributed by atoms with E-state index in [1.807, 2.05) is 48.5 Å². The van der Waals surface area contributed by atoms with Crippen LogP contribution in [0.1, 0.15) is 24.0 Å². The van der Waals surface area contributed by atoms with Crippen molar-refractivity contribution in [2.45, 2.75) is 18.6 Å². The van der Waals surface area contributed by atoms with E-state index in [1.54, 1.807) is 18.9 Å². The SMILES string of the molecule is CO/C=C(/C(=O)O)c1ccccc1CS/C(=N\c1ccc(OC)cc1)C1CC1. The van der Waals surface area contributed by atoms with Crippen LogP contribution < -0.4 is 4.74 Å². The summed E-state index contributed by atoms with van der Waals surface area (Å²) < 4.78 is 10.2. The van der Waals surface area contributed by atoms with Crippen molar-refractivity contribution in [3.63, 3.8) is 0 Å². The molecule has 146 valence electrons. The molecule has 1 aliphatic rings. The summed E-state index contributed by atoms with van der Waals surface area (Å²) in [6, 6.07) is 15.2. The zero-order valence-electron chi connectivity index (χ0n) is 15.9. The molecule has 0 amide bonds. The number of carbonyl (C=O) groups is 1. The summed E-state index contributed by atoms with van der Waals surface area (Å²) in [5.41, 5.74) is 2.66. The summed E-state index contributed by atoms with van der Waals surface area (Å²) in [5.74, 6) is 0.941. The van der Waals surface area contributed by atoms with E-state index in [0.717, 1.165) is 34.9 Å². The summed E-state index contributed by atoms with van der Waals surface area (Å²) >= 11 is 1.67. The highest BCUT2D eigenvalue weighted by atomic mass is 32.2. The van der Waals surface area contributed by atoms with Gasteiger partial charge in [0.25, 0.3) is 0 Å². The Hall–Kier alpha value is -2.73. The molecule has 5 nitrogen and oxygen atoms in total. The highest BCUT2D eigenvalue weighted by Crippen LogP contribution is 2.38. The van der Waals surface area contributed by atoms with E-state index in [1.165, 1.54) is 13.4 Å². The molecule has 0 spiro atoms. The molecule has 1 fully saturated rings. The molecule has 0 aliphatic heterocycles. The van der Waals surface area contributed by atoms with Crippen LogP contribution in [0.4, 0.5) is 5.69 Å². The van der Waals surface area contributed by atoms with Crippen molar-refractivity contribution >= 4 is 34.0 Å². The van der Waals surface area contributed by atoms with E-state index in [2.05, 4.69) is 0 Å². The standard InChI is InChI=1S/C22H23NO4S/c1-26-13-20(22(24)25)19-6-4-3-5-16(19)14-28-21(15-7-8-15)23-17-9-11-18(27-2)12-10-17/h3-6,9-13,15H,7-8,14H2,1-2H3,(H,24,25)/b20-13+,23-21-. The topological polar surface area (TPSA) is 68.1 Å². The summed E-state index contributed by atoms with van der Waals surface area (Å²) in [6.07, 6.45) is 3.57. The maximum absolute atomic E-state index is 11.6. The van der Waals surface area contributed by atoms with Gasteiger partial charge < -0.3 is 14.6 Å². The van der Waals surface area contributed by atoms with Crippen molar-refractivity contribution in [2.75, 3.05) is 14.2 Å². The van der Waals surface area contributed by atoms with Crippen LogP contribution in [0.3, 0.4) is 0 Å². The van der Waals surface area contributed by atoms with E-state index in [0.29, 0.717) is 17.2 Å². The molecular weight excluding hydrogens is 374 g/mol. The van der Waals surface area contributed by atoms with Gasteiger partial charge in [-0.3, -0.25) is 0 Å². The highest BCUT2D eigenvalue weighted by Gasteiger charge is 2.28. The van der Waals surface area contributed by atoms with Crippen LogP contribution in [0.2, 0.25) is 0 Å². The Kier molecular flexibility index (Phi) is 6.76. The number of aliphatic carboxylic acids is 1. The van der Waals surface area contributed by atoms with Gasteiger partial charge in [0.05, 0.1) is 31.2 Å².